The van der Waals surface area contributed by atoms with Crippen LogP contribution >= 0.6 is 23.2 Å². The first-order valence-corrected chi connectivity index (χ1v) is 5.90. The highest BCUT2D eigenvalue weighted by molar-refractivity contribution is 6.39. The van der Waals surface area contributed by atoms with Crippen molar-refractivity contribution in [3.63, 3.8) is 0 Å². The van der Waals surface area contributed by atoms with E-state index in [1.807, 2.05) is 0 Å². The minimum absolute atomic E-state index is 0.142. The SMILES string of the molecule is CN(C(=O)c1c(Cl)cccc1Cl)C(C)(C)CO. The summed E-state index contributed by atoms with van der Waals surface area (Å²) in [6.45, 7) is 3.38. The average molecular weight is 276 g/mol. The quantitative estimate of drug-likeness (QED) is 0.922. The molecule has 0 radical (unpaired) electrons. The van der Waals surface area contributed by atoms with Crippen LogP contribution < -0.4 is 0 Å². The van der Waals surface area contributed by atoms with Crippen LogP contribution in [0.1, 0.15) is 24.2 Å². The van der Waals surface area contributed by atoms with Crippen LogP contribution in [0.25, 0.3) is 0 Å². The molecule has 1 aromatic carbocycles. The molecule has 0 aliphatic rings. The molecular weight excluding hydrogens is 261 g/mol. The van der Waals surface area contributed by atoms with Crippen LogP contribution in [0.2, 0.25) is 10.0 Å². The van der Waals surface area contributed by atoms with Gasteiger partial charge in [-0.15, -0.1) is 0 Å². The number of likely N-dealkylation sites (N-methyl/N-ethyl adjacent to an activating group) is 1. The summed E-state index contributed by atoms with van der Waals surface area (Å²) in [6.07, 6.45) is 0. The molecule has 1 amide bonds. The number of benzene rings is 1. The van der Waals surface area contributed by atoms with E-state index < -0.39 is 5.54 Å². The van der Waals surface area contributed by atoms with Gasteiger partial charge in [-0.2, -0.15) is 0 Å². The number of hydrogen-bond donors (Lipinski definition) is 1. The molecule has 0 unspecified atom stereocenters. The van der Waals surface area contributed by atoms with Crippen LogP contribution in [0.5, 0.6) is 0 Å². The highest BCUT2D eigenvalue weighted by Gasteiger charge is 2.29. The van der Waals surface area contributed by atoms with Gasteiger partial charge in [-0.25, -0.2) is 0 Å². The summed E-state index contributed by atoms with van der Waals surface area (Å²) in [4.78, 5) is 13.7. The Balaban J connectivity index is 3.14. The maximum atomic E-state index is 12.2. The highest BCUT2D eigenvalue weighted by Crippen LogP contribution is 2.27. The second kappa shape index (κ2) is 5.25. The van der Waals surface area contributed by atoms with Gasteiger partial charge in [-0.1, -0.05) is 29.3 Å². The molecule has 0 atom stereocenters. The zero-order valence-corrected chi connectivity index (χ0v) is 11.5. The fourth-order valence-corrected chi connectivity index (χ4v) is 1.81. The van der Waals surface area contributed by atoms with Crippen molar-refractivity contribution in [1.82, 2.24) is 4.90 Å². The summed E-state index contributed by atoms with van der Waals surface area (Å²) in [5, 5.41) is 9.86. The van der Waals surface area contributed by atoms with E-state index in [2.05, 4.69) is 0 Å². The predicted molar refractivity (Wildman–Crippen MR) is 69.7 cm³/mol. The Bertz CT molecular complexity index is 412. The molecule has 0 bridgehead atoms. The zero-order valence-electron chi connectivity index (χ0n) is 10.00. The number of amides is 1. The van der Waals surface area contributed by atoms with Crippen LogP contribution in [0.4, 0.5) is 0 Å². The molecule has 0 aliphatic carbocycles. The molecule has 17 heavy (non-hydrogen) atoms. The van der Waals surface area contributed by atoms with Gasteiger partial charge in [0.1, 0.15) is 0 Å². The van der Waals surface area contributed by atoms with Gasteiger partial charge < -0.3 is 10.0 Å². The third-order valence-electron chi connectivity index (χ3n) is 2.78. The van der Waals surface area contributed by atoms with Gasteiger partial charge in [0.05, 0.1) is 27.8 Å². The van der Waals surface area contributed by atoms with Gasteiger partial charge in [-0.3, -0.25) is 4.79 Å². The number of carbonyl (C=O) groups is 1. The molecule has 0 aliphatic heterocycles. The van der Waals surface area contributed by atoms with Crippen molar-refractivity contribution >= 4 is 29.1 Å². The molecule has 0 saturated carbocycles. The molecule has 1 N–H and O–H groups in total. The fourth-order valence-electron chi connectivity index (χ4n) is 1.25. The number of carbonyl (C=O) groups excluding carboxylic acids is 1. The summed E-state index contributed by atoms with van der Waals surface area (Å²) >= 11 is 11.9. The smallest absolute Gasteiger partial charge is 0.257 e. The Labute approximate surface area is 111 Å². The molecule has 94 valence electrons. The van der Waals surface area contributed by atoms with Crippen molar-refractivity contribution in [2.45, 2.75) is 19.4 Å². The van der Waals surface area contributed by atoms with E-state index in [9.17, 15) is 9.90 Å². The third kappa shape index (κ3) is 2.92. The van der Waals surface area contributed by atoms with Gasteiger partial charge in [-0.05, 0) is 26.0 Å². The molecular formula is C12H15Cl2NO2. The van der Waals surface area contributed by atoms with Crippen molar-refractivity contribution in [2.75, 3.05) is 13.7 Å². The van der Waals surface area contributed by atoms with Gasteiger partial charge in [0.25, 0.3) is 5.91 Å². The van der Waals surface area contributed by atoms with E-state index >= 15 is 0 Å². The van der Waals surface area contributed by atoms with Crippen molar-refractivity contribution < 1.29 is 9.90 Å². The molecule has 5 heteroatoms. The standard InChI is InChI=1S/C12H15Cl2NO2/c1-12(2,7-16)15(3)11(17)10-8(13)5-4-6-9(10)14/h4-6,16H,7H2,1-3H3. The Morgan fingerprint density at radius 3 is 2.24 bits per heavy atom. The molecule has 1 rings (SSSR count). The Kier molecular flexibility index (Phi) is 4.42. The third-order valence-corrected chi connectivity index (χ3v) is 3.41. The predicted octanol–water partition coefficient (Wildman–Crippen LogP) is 2.84. The van der Waals surface area contributed by atoms with Crippen LogP contribution in [0.15, 0.2) is 18.2 Å². The van der Waals surface area contributed by atoms with Crippen molar-refractivity contribution in [2.24, 2.45) is 0 Å². The normalized spacial score (nSPS) is 11.4. The lowest BCUT2D eigenvalue weighted by Gasteiger charge is -2.34. The number of halogens is 2. The number of aliphatic hydroxyl groups is 1. The molecule has 3 nitrogen and oxygen atoms in total. The van der Waals surface area contributed by atoms with Gasteiger partial charge >= 0.3 is 0 Å². The number of rotatable bonds is 3. The molecule has 1 aromatic rings. The molecule has 0 spiro atoms. The van der Waals surface area contributed by atoms with Crippen LogP contribution in [-0.4, -0.2) is 35.1 Å². The number of nitrogens with zero attached hydrogens (tertiary/aromatic N) is 1. The summed E-state index contributed by atoms with van der Waals surface area (Å²) in [6, 6.07) is 4.90. The summed E-state index contributed by atoms with van der Waals surface area (Å²) in [5.74, 6) is -0.306. The maximum Gasteiger partial charge on any atom is 0.257 e. The number of aliphatic hydroxyl groups excluding tert-OH is 1. The summed E-state index contributed by atoms with van der Waals surface area (Å²) < 4.78 is 0. The zero-order chi connectivity index (χ0) is 13.2. The highest BCUT2D eigenvalue weighted by atomic mass is 35.5. The Morgan fingerprint density at radius 2 is 1.82 bits per heavy atom. The monoisotopic (exact) mass is 275 g/mol. The lowest BCUT2D eigenvalue weighted by atomic mass is 10.0. The van der Waals surface area contributed by atoms with Crippen LogP contribution in [0, 0.1) is 0 Å². The van der Waals surface area contributed by atoms with E-state index in [0.717, 1.165) is 0 Å². The second-order valence-corrected chi connectivity index (χ2v) is 5.25. The minimum Gasteiger partial charge on any atom is -0.394 e. The lowest BCUT2D eigenvalue weighted by Crippen LogP contribution is -2.47. The Morgan fingerprint density at radius 1 is 1.35 bits per heavy atom. The summed E-state index contributed by atoms with van der Waals surface area (Å²) in [7, 11) is 1.61. The largest absolute Gasteiger partial charge is 0.394 e. The van der Waals surface area contributed by atoms with Crippen molar-refractivity contribution in [3.8, 4) is 0 Å². The average Bonchev–Trinajstić information content (AvgIpc) is 2.27. The molecule has 0 fully saturated rings. The topological polar surface area (TPSA) is 40.5 Å². The van der Waals surface area contributed by atoms with Gasteiger partial charge in [0, 0.05) is 7.05 Å². The van der Waals surface area contributed by atoms with Crippen LogP contribution in [0.3, 0.4) is 0 Å². The van der Waals surface area contributed by atoms with E-state index in [4.69, 9.17) is 23.2 Å². The first-order chi connectivity index (χ1) is 7.81. The lowest BCUT2D eigenvalue weighted by molar-refractivity contribution is 0.0473. The fraction of sp³-hybridized carbons (Fsp3) is 0.417. The van der Waals surface area contributed by atoms with E-state index in [-0.39, 0.29) is 18.1 Å². The number of hydrogen-bond acceptors (Lipinski definition) is 2. The minimum atomic E-state index is -0.667. The maximum absolute atomic E-state index is 12.2. The summed E-state index contributed by atoms with van der Waals surface area (Å²) in [5.41, 5.74) is -0.403. The van der Waals surface area contributed by atoms with Gasteiger partial charge in [0.15, 0.2) is 0 Å². The van der Waals surface area contributed by atoms with E-state index in [1.165, 1.54) is 4.90 Å². The second-order valence-electron chi connectivity index (χ2n) is 4.43. The van der Waals surface area contributed by atoms with E-state index in [1.54, 1.807) is 39.1 Å². The van der Waals surface area contributed by atoms with Crippen molar-refractivity contribution in [1.29, 1.82) is 0 Å². The molecule has 0 heterocycles. The first kappa shape index (κ1) is 14.3. The van der Waals surface area contributed by atoms with Crippen LogP contribution in [-0.2, 0) is 0 Å². The van der Waals surface area contributed by atoms with E-state index in [0.29, 0.717) is 10.0 Å². The molecule has 0 saturated heterocycles. The first-order valence-electron chi connectivity index (χ1n) is 5.14. The Hall–Kier alpha value is -0.770. The molecule has 0 aromatic heterocycles. The van der Waals surface area contributed by atoms with Crippen molar-refractivity contribution in [3.05, 3.63) is 33.8 Å². The van der Waals surface area contributed by atoms with Gasteiger partial charge in [0.2, 0.25) is 0 Å².